The minimum absolute atomic E-state index is 0.0217. The van der Waals surface area contributed by atoms with E-state index in [-0.39, 0.29) is 56.7 Å². The first-order valence-electron chi connectivity index (χ1n) is 21.7. The molecular weight excluding hydrogens is 920 g/mol. The van der Waals surface area contributed by atoms with Gasteiger partial charge in [-0.05, 0) is 98.4 Å². The molecule has 68 heavy (non-hydrogen) atoms. The van der Waals surface area contributed by atoms with E-state index in [0.717, 1.165) is 38.7 Å². The minimum atomic E-state index is -4.81. The van der Waals surface area contributed by atoms with Crippen LogP contribution in [0.25, 0.3) is 10.4 Å². The van der Waals surface area contributed by atoms with Crippen molar-refractivity contribution in [3.8, 4) is 28.4 Å². The van der Waals surface area contributed by atoms with Crippen LogP contribution < -0.4 is 20.4 Å². The number of β-amino-alcohol motifs (C(OH)–C–C–N with tert-alkyl or cyclic N) is 1. The number of rotatable bonds is 15. The number of hydrogen-bond donors (Lipinski definition) is 3. The van der Waals surface area contributed by atoms with Gasteiger partial charge in [-0.25, -0.2) is 4.98 Å². The molecule has 0 spiro atoms. The molecule has 0 saturated carbocycles. The third kappa shape index (κ3) is 11.9. The van der Waals surface area contributed by atoms with Crippen LogP contribution in [0.1, 0.15) is 75.4 Å². The molecule has 3 aromatic carbocycles. The summed E-state index contributed by atoms with van der Waals surface area (Å²) < 4.78 is 52.3. The van der Waals surface area contributed by atoms with Crippen LogP contribution in [0.2, 0.25) is 0 Å². The van der Waals surface area contributed by atoms with Gasteiger partial charge in [-0.2, -0.15) is 18.4 Å². The average molecular weight is 972 g/mol. The van der Waals surface area contributed by atoms with E-state index in [0.29, 0.717) is 17.7 Å². The standard InChI is InChI=1S/C49H52F3N7O7S2/c1-30-41(68-29-55-30)33-14-10-32(11-15-33)26-54-43(62)39-24-37(60)27-57(39)44(63)42(47(2,3)4)56-40(61)28-66-22-8-21-65-20-7-9-31-12-17-35(18-13-31)59-46(67)58(45(64)48(59,5)6)36-19-16-34(25-53)38(23-36)49(50,51)52/h10-19,23,29,37,39,42,60H,8,20-22,24,26-28H2,1-6H3,(H,54,62)(H,56,61)/t37-,39+,42?/m1/s1. The zero-order chi connectivity index (χ0) is 49.6. The van der Waals surface area contributed by atoms with Crippen LogP contribution in [0.3, 0.4) is 0 Å². The van der Waals surface area contributed by atoms with Crippen molar-refractivity contribution in [2.24, 2.45) is 5.41 Å². The van der Waals surface area contributed by atoms with Crippen LogP contribution >= 0.6 is 23.6 Å². The molecule has 2 fully saturated rings. The molecule has 2 aliphatic heterocycles. The summed E-state index contributed by atoms with van der Waals surface area (Å²) in [5, 5.41) is 25.4. The molecule has 0 aliphatic carbocycles. The summed E-state index contributed by atoms with van der Waals surface area (Å²) in [4.78, 5) is 63.2. The zero-order valence-corrected chi connectivity index (χ0v) is 40.0. The van der Waals surface area contributed by atoms with Gasteiger partial charge in [-0.3, -0.25) is 24.1 Å². The Morgan fingerprint density at radius 2 is 1.71 bits per heavy atom. The lowest BCUT2D eigenvalue weighted by Crippen LogP contribution is -2.58. The van der Waals surface area contributed by atoms with Gasteiger partial charge in [0.1, 0.15) is 30.8 Å². The lowest BCUT2D eigenvalue weighted by molar-refractivity contribution is -0.144. The zero-order valence-electron chi connectivity index (χ0n) is 38.4. The number of aliphatic hydroxyl groups is 1. The molecule has 19 heteroatoms. The number of aryl methyl sites for hydroxylation is 1. The first-order chi connectivity index (χ1) is 32.1. The maximum Gasteiger partial charge on any atom is 0.417 e. The van der Waals surface area contributed by atoms with E-state index in [1.54, 1.807) is 80.6 Å². The van der Waals surface area contributed by atoms with Gasteiger partial charge in [0.25, 0.3) is 5.91 Å². The summed E-state index contributed by atoms with van der Waals surface area (Å²) in [6.45, 7) is 11.0. The lowest BCUT2D eigenvalue weighted by Gasteiger charge is -2.35. The number of benzene rings is 3. The third-order valence-electron chi connectivity index (χ3n) is 11.4. The fourth-order valence-electron chi connectivity index (χ4n) is 7.83. The molecule has 4 aromatic rings. The second kappa shape index (κ2) is 21.4. The van der Waals surface area contributed by atoms with Crippen molar-refractivity contribution >= 4 is 63.7 Å². The highest BCUT2D eigenvalue weighted by Crippen LogP contribution is 2.40. The van der Waals surface area contributed by atoms with E-state index in [2.05, 4.69) is 27.5 Å². The van der Waals surface area contributed by atoms with Crippen molar-refractivity contribution in [2.75, 3.05) is 42.8 Å². The number of halogens is 3. The summed E-state index contributed by atoms with van der Waals surface area (Å²) in [6.07, 6.45) is -5.19. The summed E-state index contributed by atoms with van der Waals surface area (Å²) in [6, 6.07) is 17.3. The van der Waals surface area contributed by atoms with Crippen LogP contribution in [0.4, 0.5) is 24.5 Å². The highest BCUT2D eigenvalue weighted by molar-refractivity contribution is 7.81. The largest absolute Gasteiger partial charge is 0.417 e. The Bertz CT molecular complexity index is 2630. The summed E-state index contributed by atoms with van der Waals surface area (Å²) >= 11 is 7.17. The lowest BCUT2D eigenvalue weighted by atomic mass is 9.85. The van der Waals surface area contributed by atoms with Crippen LogP contribution in [-0.4, -0.2) is 100 Å². The summed E-state index contributed by atoms with van der Waals surface area (Å²) in [5.41, 5.74) is 1.99. The molecule has 6 rings (SSSR count). The Kier molecular flexibility index (Phi) is 16.1. The number of nitrogens with one attached hydrogen (secondary N) is 2. The normalized spacial score (nSPS) is 17.4. The van der Waals surface area contributed by atoms with Crippen LogP contribution in [0.15, 0.2) is 72.2 Å². The Hall–Kier alpha value is -6.22. The predicted octanol–water partition coefficient (Wildman–Crippen LogP) is 6.51. The molecule has 3 N–H and O–H groups in total. The van der Waals surface area contributed by atoms with E-state index in [1.165, 1.54) is 17.0 Å². The fourth-order valence-corrected chi connectivity index (χ4v) is 9.16. The highest BCUT2D eigenvalue weighted by atomic mass is 32.1. The maximum absolute atomic E-state index is 13.9. The van der Waals surface area contributed by atoms with Gasteiger partial charge >= 0.3 is 6.18 Å². The number of nitrogens with zero attached hydrogens (tertiary/aromatic N) is 5. The number of aliphatic hydroxyl groups excluding tert-OH is 1. The molecule has 2 saturated heterocycles. The van der Waals surface area contributed by atoms with Gasteiger partial charge < -0.3 is 35.0 Å². The van der Waals surface area contributed by atoms with Gasteiger partial charge in [0.05, 0.1) is 51.7 Å². The molecule has 3 heterocycles. The first kappa shape index (κ1) is 51.2. The van der Waals surface area contributed by atoms with E-state index in [9.17, 15) is 42.7 Å². The fraction of sp³-hybridized carbons (Fsp3) is 0.408. The Morgan fingerprint density at radius 3 is 2.34 bits per heavy atom. The molecule has 0 radical (unpaired) electrons. The number of amides is 4. The van der Waals surface area contributed by atoms with Crippen LogP contribution in [0.5, 0.6) is 0 Å². The highest BCUT2D eigenvalue weighted by Gasteiger charge is 2.51. The number of nitriles is 1. The molecule has 14 nitrogen and oxygen atoms in total. The van der Waals surface area contributed by atoms with Crippen molar-refractivity contribution in [3.63, 3.8) is 0 Å². The predicted molar refractivity (Wildman–Crippen MR) is 254 cm³/mol. The van der Waals surface area contributed by atoms with E-state index < -0.39 is 70.1 Å². The Morgan fingerprint density at radius 1 is 1.03 bits per heavy atom. The van der Waals surface area contributed by atoms with Crippen molar-refractivity contribution in [3.05, 3.63) is 100 Å². The number of carbonyl (C=O) groups is 4. The number of hydrogen-bond acceptors (Lipinski definition) is 11. The van der Waals surface area contributed by atoms with Crippen LogP contribution in [0, 0.1) is 35.5 Å². The average Bonchev–Trinajstić information content (AvgIpc) is 3.95. The van der Waals surface area contributed by atoms with Gasteiger partial charge in [0.15, 0.2) is 5.11 Å². The smallest absolute Gasteiger partial charge is 0.391 e. The number of likely N-dealkylation sites (tertiary alicyclic amines) is 1. The Balaban J connectivity index is 0.926. The first-order valence-corrected chi connectivity index (χ1v) is 23.0. The molecule has 1 aromatic heterocycles. The summed E-state index contributed by atoms with van der Waals surface area (Å²) in [7, 11) is 0. The number of anilines is 2. The second-order valence-electron chi connectivity index (χ2n) is 17.9. The number of alkyl halides is 3. The third-order valence-corrected chi connectivity index (χ3v) is 12.8. The Labute approximate surface area is 402 Å². The minimum Gasteiger partial charge on any atom is -0.391 e. The van der Waals surface area contributed by atoms with Gasteiger partial charge in [0, 0.05) is 37.4 Å². The van der Waals surface area contributed by atoms with E-state index in [4.69, 9.17) is 21.7 Å². The second-order valence-corrected chi connectivity index (χ2v) is 19.1. The maximum atomic E-state index is 13.9. The molecule has 2 aliphatic rings. The quantitative estimate of drug-likeness (QED) is 0.0673. The number of thiazole rings is 1. The van der Waals surface area contributed by atoms with Crippen molar-refractivity contribution in [1.29, 1.82) is 5.26 Å². The molecule has 3 atom stereocenters. The number of thiocarbonyl (C=S) groups is 1. The van der Waals surface area contributed by atoms with Gasteiger partial charge in [-0.1, -0.05) is 56.9 Å². The van der Waals surface area contributed by atoms with Gasteiger partial charge in [-0.15, -0.1) is 11.3 Å². The van der Waals surface area contributed by atoms with Crippen molar-refractivity contribution in [1.82, 2.24) is 20.5 Å². The van der Waals surface area contributed by atoms with E-state index in [1.807, 2.05) is 31.2 Å². The molecule has 1 unspecified atom stereocenters. The van der Waals surface area contributed by atoms with Crippen LogP contribution in [-0.2, 0) is 41.4 Å². The van der Waals surface area contributed by atoms with E-state index >= 15 is 0 Å². The monoisotopic (exact) mass is 971 g/mol. The SMILES string of the molecule is Cc1ncsc1-c1ccc(CNC(=O)[C@@H]2C[C@@H](O)CN2C(=O)C(NC(=O)COCCCOCC#Cc2ccc(N3C(=S)N(c4ccc(C#N)c(C(F)(F)F)c4)C(=O)C3(C)C)cc2)C(C)(C)C)cc1. The van der Waals surface area contributed by atoms with Crippen molar-refractivity contribution in [2.45, 2.75) is 90.8 Å². The number of carbonyl (C=O) groups excluding carboxylic acids is 4. The molecule has 358 valence electrons. The van der Waals surface area contributed by atoms with Gasteiger partial charge in [0.2, 0.25) is 17.7 Å². The number of aromatic nitrogens is 1. The molecule has 4 amide bonds. The molecular formula is C49H52F3N7O7S2. The summed E-state index contributed by atoms with van der Waals surface area (Å²) in [5.74, 6) is 3.98. The number of ether oxygens (including phenoxy) is 2. The topological polar surface area (TPSA) is 177 Å². The van der Waals surface area contributed by atoms with Crippen molar-refractivity contribution < 1.29 is 46.9 Å². The molecule has 0 bridgehead atoms.